The van der Waals surface area contributed by atoms with E-state index in [4.69, 9.17) is 9.97 Å². The molecule has 7 heteroatoms. The van der Waals surface area contributed by atoms with Gasteiger partial charge in [0.05, 0.1) is 17.6 Å². The van der Waals surface area contributed by atoms with Crippen LogP contribution >= 0.6 is 0 Å². The van der Waals surface area contributed by atoms with Crippen LogP contribution in [0.1, 0.15) is 76.8 Å². The number of halogens is 2. The van der Waals surface area contributed by atoms with Gasteiger partial charge in [-0.3, -0.25) is 0 Å². The fourth-order valence-corrected chi connectivity index (χ4v) is 5.03. The van der Waals surface area contributed by atoms with Gasteiger partial charge in [-0.25, -0.2) is 18.7 Å². The second-order valence-corrected chi connectivity index (χ2v) is 11.7. The molecule has 2 heterocycles. The Kier molecular flexibility index (Phi) is 7.66. The zero-order valence-corrected chi connectivity index (χ0v) is 23.0. The summed E-state index contributed by atoms with van der Waals surface area (Å²) in [5.74, 6) is 1.31. The number of hydrogen-bond acceptors (Lipinski definition) is 4. The first-order valence-electron chi connectivity index (χ1n) is 14.0. The number of nitrogens with one attached hydrogen (secondary N) is 2. The number of aromatic nitrogens is 3. The number of imidazole rings is 1. The third-order valence-electron chi connectivity index (χ3n) is 7.18. The van der Waals surface area contributed by atoms with Crippen LogP contribution in [0.15, 0.2) is 36.4 Å². The van der Waals surface area contributed by atoms with Gasteiger partial charge in [0.15, 0.2) is 5.82 Å². The molecule has 202 valence electrons. The van der Waals surface area contributed by atoms with Gasteiger partial charge in [0.2, 0.25) is 0 Å². The van der Waals surface area contributed by atoms with E-state index >= 15 is 8.78 Å². The minimum absolute atomic E-state index is 0.0648. The van der Waals surface area contributed by atoms with Crippen LogP contribution in [0.2, 0.25) is 0 Å². The van der Waals surface area contributed by atoms with Gasteiger partial charge in [-0.2, -0.15) is 0 Å². The maximum Gasteiger partial charge on any atom is 0.155 e. The van der Waals surface area contributed by atoms with E-state index in [9.17, 15) is 0 Å². The fourth-order valence-electron chi connectivity index (χ4n) is 5.03. The van der Waals surface area contributed by atoms with Gasteiger partial charge in [0.25, 0.3) is 0 Å². The predicted molar refractivity (Wildman–Crippen MR) is 152 cm³/mol. The van der Waals surface area contributed by atoms with E-state index in [1.807, 2.05) is 28.8 Å². The molecule has 5 rings (SSSR count). The lowest BCUT2D eigenvalue weighted by Gasteiger charge is -2.22. The highest BCUT2D eigenvalue weighted by Gasteiger charge is 2.23. The topological polar surface area (TPSA) is 54.8 Å². The van der Waals surface area contributed by atoms with Crippen molar-refractivity contribution in [3.8, 4) is 0 Å². The largest absolute Gasteiger partial charge is 0.364 e. The summed E-state index contributed by atoms with van der Waals surface area (Å²) in [6, 6.07) is 10.8. The van der Waals surface area contributed by atoms with E-state index in [0.717, 1.165) is 65.9 Å². The Bertz CT molecular complexity index is 1410. The van der Waals surface area contributed by atoms with Gasteiger partial charge >= 0.3 is 0 Å². The summed E-state index contributed by atoms with van der Waals surface area (Å²) in [5.41, 5.74) is 2.89. The second kappa shape index (κ2) is 11.0. The Labute approximate surface area is 224 Å². The molecular weight excluding hydrogens is 480 g/mol. The van der Waals surface area contributed by atoms with Crippen LogP contribution in [0.4, 0.5) is 14.6 Å². The van der Waals surface area contributed by atoms with Crippen molar-refractivity contribution in [2.24, 2.45) is 5.92 Å². The van der Waals surface area contributed by atoms with Crippen molar-refractivity contribution in [1.29, 1.82) is 0 Å². The van der Waals surface area contributed by atoms with Crippen molar-refractivity contribution < 1.29 is 8.78 Å². The number of pyridine rings is 1. The molecule has 0 unspecified atom stereocenters. The number of nitrogens with zero attached hydrogens (tertiary/aromatic N) is 3. The van der Waals surface area contributed by atoms with Crippen molar-refractivity contribution in [2.45, 2.75) is 84.8 Å². The number of para-hydroxylation sites is 1. The maximum absolute atomic E-state index is 15.4. The monoisotopic (exact) mass is 519 g/mol. The molecule has 38 heavy (non-hydrogen) atoms. The molecule has 0 spiro atoms. The van der Waals surface area contributed by atoms with Gasteiger partial charge in [0.1, 0.15) is 23.0 Å². The molecule has 0 aliphatic heterocycles. The first-order chi connectivity index (χ1) is 18.2. The van der Waals surface area contributed by atoms with Gasteiger partial charge < -0.3 is 15.2 Å². The van der Waals surface area contributed by atoms with E-state index < -0.39 is 11.6 Å². The molecule has 1 fully saturated rings. The lowest BCUT2D eigenvalue weighted by atomic mass is 10.1. The predicted octanol–water partition coefficient (Wildman–Crippen LogP) is 7.35. The molecule has 5 nitrogen and oxygen atoms in total. The standard InChI is InChI=1S/C31H39F2N5/c1-5-6-11-27-36-28-29(22-9-7-8-10-26(22)35-30(28)37-31(2,3)4)38(27)19-23-24(32)16-21(17-25(23)33)18-34-15-14-20-12-13-20/h7-10,16-17,20,34H,5-6,11-15,18-19H2,1-4H3,(H,35,37). The zero-order valence-electron chi connectivity index (χ0n) is 23.0. The van der Waals surface area contributed by atoms with Crippen molar-refractivity contribution in [2.75, 3.05) is 11.9 Å². The van der Waals surface area contributed by atoms with Gasteiger partial charge in [-0.1, -0.05) is 44.4 Å². The van der Waals surface area contributed by atoms with E-state index in [1.165, 1.54) is 25.0 Å². The average molecular weight is 520 g/mol. The van der Waals surface area contributed by atoms with Crippen molar-refractivity contribution >= 4 is 27.8 Å². The third kappa shape index (κ3) is 5.98. The summed E-state index contributed by atoms with van der Waals surface area (Å²) < 4.78 is 32.8. The highest BCUT2D eigenvalue weighted by atomic mass is 19.1. The van der Waals surface area contributed by atoms with Crippen molar-refractivity contribution in [3.05, 3.63) is 65.0 Å². The molecule has 0 atom stereocenters. The van der Waals surface area contributed by atoms with Crippen molar-refractivity contribution in [1.82, 2.24) is 19.9 Å². The second-order valence-electron chi connectivity index (χ2n) is 11.7. The molecule has 2 aromatic heterocycles. The minimum atomic E-state index is -0.515. The Morgan fingerprint density at radius 3 is 2.47 bits per heavy atom. The summed E-state index contributed by atoms with van der Waals surface area (Å²) in [4.78, 5) is 9.90. The van der Waals surface area contributed by atoms with Gasteiger partial charge in [0, 0.05) is 29.5 Å². The molecule has 0 bridgehead atoms. The third-order valence-corrected chi connectivity index (χ3v) is 7.18. The van der Waals surface area contributed by atoms with E-state index in [0.29, 0.717) is 17.9 Å². The molecule has 4 aromatic rings. The highest BCUT2D eigenvalue weighted by molar-refractivity contribution is 6.07. The van der Waals surface area contributed by atoms with E-state index in [-0.39, 0.29) is 17.6 Å². The van der Waals surface area contributed by atoms with Crippen LogP contribution in [-0.4, -0.2) is 26.6 Å². The number of rotatable bonds is 11. The van der Waals surface area contributed by atoms with Crippen LogP contribution in [0.25, 0.3) is 21.9 Å². The van der Waals surface area contributed by atoms with Crippen LogP contribution in [0.5, 0.6) is 0 Å². The summed E-state index contributed by atoms with van der Waals surface area (Å²) >= 11 is 0. The van der Waals surface area contributed by atoms with E-state index in [1.54, 1.807) is 0 Å². The number of unbranched alkanes of at least 4 members (excludes halogenated alkanes) is 1. The maximum atomic E-state index is 15.4. The number of anilines is 1. The molecule has 0 radical (unpaired) electrons. The van der Waals surface area contributed by atoms with Crippen molar-refractivity contribution in [3.63, 3.8) is 0 Å². The first kappa shape index (κ1) is 26.5. The Hall–Kier alpha value is -3.06. The summed E-state index contributed by atoms with van der Waals surface area (Å²) in [5, 5.41) is 7.76. The van der Waals surface area contributed by atoms with Gasteiger partial charge in [-0.05, 0) is 69.8 Å². The number of aryl methyl sites for hydroxylation is 1. The molecule has 1 aliphatic carbocycles. The SMILES string of the molecule is CCCCc1nc2c(NC(C)(C)C)nc3ccccc3c2n1Cc1c(F)cc(CNCCC2CC2)cc1F. The summed E-state index contributed by atoms with van der Waals surface area (Å²) in [6.45, 7) is 9.80. The molecule has 1 aliphatic rings. The Balaban J connectivity index is 1.55. The van der Waals surface area contributed by atoms with Crippen LogP contribution in [0, 0.1) is 17.6 Å². The van der Waals surface area contributed by atoms with Gasteiger partial charge in [-0.15, -0.1) is 0 Å². The summed E-state index contributed by atoms with van der Waals surface area (Å²) in [7, 11) is 0. The molecule has 2 N–H and O–H groups in total. The zero-order chi connectivity index (χ0) is 26.9. The number of benzene rings is 2. The smallest absolute Gasteiger partial charge is 0.155 e. The molecule has 2 aromatic carbocycles. The fraction of sp³-hybridized carbons (Fsp3) is 0.484. The minimum Gasteiger partial charge on any atom is -0.364 e. The molecule has 0 saturated heterocycles. The lowest BCUT2D eigenvalue weighted by Crippen LogP contribution is -2.26. The lowest BCUT2D eigenvalue weighted by molar-refractivity contribution is 0.535. The molecule has 0 amide bonds. The first-order valence-corrected chi connectivity index (χ1v) is 14.0. The quantitative estimate of drug-likeness (QED) is 0.203. The number of hydrogen-bond donors (Lipinski definition) is 2. The Morgan fingerprint density at radius 1 is 1.05 bits per heavy atom. The van der Waals surface area contributed by atoms with E-state index in [2.05, 4.69) is 38.3 Å². The molecule has 1 saturated carbocycles. The normalized spacial score (nSPS) is 14.1. The number of fused-ring (bicyclic) bond motifs is 3. The highest BCUT2D eigenvalue weighted by Crippen LogP contribution is 2.33. The van der Waals surface area contributed by atoms with Crippen LogP contribution in [-0.2, 0) is 19.5 Å². The average Bonchev–Trinajstić information content (AvgIpc) is 3.61. The Morgan fingerprint density at radius 2 is 1.79 bits per heavy atom. The summed E-state index contributed by atoms with van der Waals surface area (Å²) in [6.07, 6.45) is 6.41. The van der Waals surface area contributed by atoms with Crippen LogP contribution in [0.3, 0.4) is 0 Å². The molecular formula is C31H39F2N5. The van der Waals surface area contributed by atoms with Crippen LogP contribution < -0.4 is 10.6 Å².